The van der Waals surface area contributed by atoms with E-state index in [1.165, 1.54) is 55.7 Å². The van der Waals surface area contributed by atoms with Crippen LogP contribution in [0.1, 0.15) is 244 Å². The van der Waals surface area contributed by atoms with Gasteiger partial charge in [-0.3, -0.25) is 0 Å². The van der Waals surface area contributed by atoms with E-state index < -0.39 is 6.10 Å². The van der Waals surface area contributed by atoms with E-state index in [9.17, 15) is 30.6 Å². The maximum absolute atomic E-state index is 11.4. The zero-order valence-corrected chi connectivity index (χ0v) is 81.2. The molecule has 0 radical (unpaired) electrons. The van der Waals surface area contributed by atoms with Crippen LogP contribution in [-0.4, -0.2) is 128 Å². The van der Waals surface area contributed by atoms with Crippen LogP contribution in [0.3, 0.4) is 0 Å². The van der Waals surface area contributed by atoms with Crippen LogP contribution >= 0.6 is 0 Å². The predicted octanol–water partition coefficient (Wildman–Crippen LogP) is 27.1. The lowest BCUT2D eigenvalue weighted by atomic mass is 10.0. The van der Waals surface area contributed by atoms with E-state index in [-0.39, 0.29) is 59.4 Å². The van der Waals surface area contributed by atoms with Crippen molar-refractivity contribution in [3.8, 4) is 160 Å². The number of unbranched alkanes of at least 4 members (excludes halogenated alkanes) is 15. The number of hydrogen-bond acceptors (Lipinski definition) is 21. The van der Waals surface area contributed by atoms with Crippen LogP contribution in [0.15, 0.2) is 146 Å². The Balaban J connectivity index is 0.000000208. The molecule has 0 amide bonds. The second kappa shape index (κ2) is 51.7. The van der Waals surface area contributed by atoms with Gasteiger partial charge in [-0.1, -0.05) is 246 Å². The summed E-state index contributed by atoms with van der Waals surface area (Å²) in [6.45, 7) is 38.2. The lowest BCUT2D eigenvalue weighted by Gasteiger charge is -2.17. The first kappa shape index (κ1) is 102. The maximum atomic E-state index is 11.4. The highest BCUT2D eigenvalue weighted by Gasteiger charge is 2.26. The van der Waals surface area contributed by atoms with E-state index in [2.05, 4.69) is 132 Å². The molecule has 3 aromatic heterocycles. The van der Waals surface area contributed by atoms with Crippen molar-refractivity contribution in [2.24, 2.45) is 5.92 Å². The monoisotopic (exact) mass is 1790 g/mol. The summed E-state index contributed by atoms with van der Waals surface area (Å²) in [5, 5.41) is 66.7. The van der Waals surface area contributed by atoms with Gasteiger partial charge in [0.15, 0.2) is 52.4 Å². The van der Waals surface area contributed by atoms with Gasteiger partial charge in [0.2, 0.25) is 0 Å². The van der Waals surface area contributed by atoms with Crippen LogP contribution in [-0.2, 0) is 4.74 Å². The summed E-state index contributed by atoms with van der Waals surface area (Å²) in [4.78, 5) is 43.2. The molecule has 0 bridgehead atoms. The molecule has 702 valence electrons. The first-order chi connectivity index (χ1) is 63.7. The topological polar surface area (TPSA) is 293 Å². The fourth-order valence-electron chi connectivity index (χ4n) is 15.8. The molecule has 6 N–H and O–H groups in total. The van der Waals surface area contributed by atoms with Crippen molar-refractivity contribution in [2.45, 2.75) is 265 Å². The number of ether oxygens (including phenoxy) is 6. The third-order valence-electron chi connectivity index (χ3n) is 23.9. The standard InChI is InChI=1S/C42H57N3O6.C36H45N3O4.C33H39N3O2/c1-7-10-13-16-25-49-34-22-19-31(37(46)28(34)4)40-43-41(32-20-23-35(29(5)38(32)47)50-26-17-14-11-8-2)45-42(44-40)33-21-24-36(30(6)39(33)48)51-27-18-15-12-9-3;1-7-9-10-27(8-2)20-42-21-28(40)22-43-29-13-16-32(33(41)19-29)36-38-34(30-14-11-23(3)17-25(30)5)37-35(39-36)31-15-12-24(4)18-26(31)6;1-6-7-8-9-10-11-18-38-26-14-17-29(30(37)21-26)33-35-31(27-15-12-22(2)19-24(27)4)34-32(36-33)28-16-13-23(3)20-25(28)5/h19-24,46-48H,7-18,25-27H2,1-6H3;11-19,27-28,40-41H,7-10,20-22H2,1-6H3;12-17,19-21,37H,6-11,18H2,1-5H3. The quantitative estimate of drug-likeness (QED) is 0.0193. The number of phenols is 5. The van der Waals surface area contributed by atoms with E-state index >= 15 is 0 Å². The molecule has 12 aromatic rings. The second-order valence-electron chi connectivity index (χ2n) is 35.1. The van der Waals surface area contributed by atoms with Crippen molar-refractivity contribution in [1.29, 1.82) is 0 Å². The predicted molar refractivity (Wildman–Crippen MR) is 532 cm³/mol. The van der Waals surface area contributed by atoms with E-state index in [1.54, 1.807) is 57.2 Å². The number of aryl methyl sites for hydroxylation is 8. The van der Waals surface area contributed by atoms with Crippen LogP contribution in [0.25, 0.3) is 102 Å². The van der Waals surface area contributed by atoms with Gasteiger partial charge in [-0.25, -0.2) is 44.9 Å². The average molecular weight is 1790 g/mol. The summed E-state index contributed by atoms with van der Waals surface area (Å²) >= 11 is 0. The summed E-state index contributed by atoms with van der Waals surface area (Å²) in [5.41, 5.74) is 16.6. The van der Waals surface area contributed by atoms with Gasteiger partial charge in [-0.05, 0) is 197 Å². The number of aliphatic hydroxyl groups excluding tert-OH is 1. The Kier molecular flexibility index (Phi) is 39.9. The molecule has 0 saturated heterocycles. The molecule has 0 spiro atoms. The summed E-state index contributed by atoms with van der Waals surface area (Å²) in [5.74, 6) is 7.06. The SMILES string of the molecule is CCCCC(CC)COCC(O)COc1ccc(-c2nc(-c3ccc(C)cc3C)nc(-c3ccc(C)cc3C)n2)c(O)c1.CCCCCCCCOc1ccc(-c2nc(-c3ccc(C)cc3C)nc(-c3ccc(C)cc3C)n2)c(O)c1.CCCCCCOc1ccc(-c2nc(-c3ccc(OCCCCCC)c(C)c3O)nc(-c3ccc(OCCCCCC)c(C)c3O)n2)c(O)c1C. The Bertz CT molecular complexity index is 5390. The molecule has 0 fully saturated rings. The maximum Gasteiger partial charge on any atom is 0.167 e. The van der Waals surface area contributed by atoms with Crippen LogP contribution in [0.4, 0.5) is 0 Å². The molecule has 0 saturated carbocycles. The van der Waals surface area contributed by atoms with Gasteiger partial charge < -0.3 is 59.1 Å². The fraction of sp³-hybridized carbons (Fsp3) is 0.432. The number of rotatable bonds is 46. The largest absolute Gasteiger partial charge is 0.507 e. The first-order valence-corrected chi connectivity index (χ1v) is 47.9. The molecule has 12 rings (SSSR count). The molecule has 2 unspecified atom stereocenters. The molecule has 9 aromatic carbocycles. The zero-order chi connectivity index (χ0) is 94.8. The molecule has 0 aliphatic carbocycles. The molecule has 3 heterocycles. The lowest BCUT2D eigenvalue weighted by molar-refractivity contribution is -0.00111. The van der Waals surface area contributed by atoms with Gasteiger partial charge in [-0.15, -0.1) is 0 Å². The molecule has 132 heavy (non-hydrogen) atoms. The van der Waals surface area contributed by atoms with E-state index in [0.717, 1.165) is 158 Å². The number of aromatic hydroxyl groups is 5. The van der Waals surface area contributed by atoms with Crippen molar-refractivity contribution >= 4 is 0 Å². The minimum Gasteiger partial charge on any atom is -0.507 e. The normalized spacial score (nSPS) is 11.7. The summed E-state index contributed by atoms with van der Waals surface area (Å²) in [7, 11) is 0. The van der Waals surface area contributed by atoms with Crippen molar-refractivity contribution in [3.63, 3.8) is 0 Å². The summed E-state index contributed by atoms with van der Waals surface area (Å²) in [6, 6.07) is 45.8. The highest BCUT2D eigenvalue weighted by atomic mass is 16.5. The van der Waals surface area contributed by atoms with E-state index in [1.807, 2.05) is 68.4 Å². The summed E-state index contributed by atoms with van der Waals surface area (Å²) < 4.78 is 35.5. The highest BCUT2D eigenvalue weighted by molar-refractivity contribution is 5.79. The number of aromatic nitrogens is 9. The average Bonchev–Trinajstić information content (AvgIpc) is 0.772. The van der Waals surface area contributed by atoms with Gasteiger partial charge in [0.1, 0.15) is 70.2 Å². The van der Waals surface area contributed by atoms with Crippen molar-refractivity contribution in [3.05, 3.63) is 207 Å². The Morgan fingerprint density at radius 3 is 0.826 bits per heavy atom. The van der Waals surface area contributed by atoms with Gasteiger partial charge in [0.25, 0.3) is 0 Å². The van der Waals surface area contributed by atoms with E-state index in [0.29, 0.717) is 147 Å². The Morgan fingerprint density at radius 1 is 0.258 bits per heavy atom. The van der Waals surface area contributed by atoms with Crippen LogP contribution in [0.5, 0.6) is 57.5 Å². The Hall–Kier alpha value is -12.1. The number of hydrogen-bond donors (Lipinski definition) is 6. The Morgan fingerprint density at radius 2 is 0.523 bits per heavy atom. The van der Waals surface area contributed by atoms with Crippen LogP contribution in [0.2, 0.25) is 0 Å². The first-order valence-electron chi connectivity index (χ1n) is 47.9. The number of aliphatic hydroxyl groups is 1. The van der Waals surface area contributed by atoms with Crippen LogP contribution in [0, 0.1) is 82.1 Å². The third-order valence-corrected chi connectivity index (χ3v) is 23.9. The minimum atomic E-state index is -0.769. The minimum absolute atomic E-state index is 0.0106. The lowest BCUT2D eigenvalue weighted by Crippen LogP contribution is -2.25. The highest BCUT2D eigenvalue weighted by Crippen LogP contribution is 2.44. The van der Waals surface area contributed by atoms with Gasteiger partial charge in [-0.2, -0.15) is 0 Å². The number of nitrogens with zero attached hydrogens (tertiary/aromatic N) is 9. The number of phenolic OH excluding ortho intramolecular Hbond substituents is 5. The third kappa shape index (κ3) is 29.0. The molecular formula is C111H141N9O12. The number of benzene rings is 9. The molecular weight excluding hydrogens is 1650 g/mol. The van der Waals surface area contributed by atoms with E-state index in [4.69, 9.17) is 73.3 Å². The van der Waals surface area contributed by atoms with Gasteiger partial charge >= 0.3 is 0 Å². The smallest absolute Gasteiger partial charge is 0.167 e. The van der Waals surface area contributed by atoms with Gasteiger partial charge in [0, 0.05) is 57.7 Å². The van der Waals surface area contributed by atoms with Gasteiger partial charge in [0.05, 0.1) is 60.9 Å². The molecule has 21 heteroatoms. The molecule has 0 aliphatic heterocycles. The second-order valence-corrected chi connectivity index (χ2v) is 35.1. The van der Waals surface area contributed by atoms with Crippen LogP contribution < -0.4 is 23.7 Å². The summed E-state index contributed by atoms with van der Waals surface area (Å²) in [6.07, 6.45) is 24.0. The van der Waals surface area contributed by atoms with Crippen molar-refractivity contribution in [2.75, 3.05) is 46.2 Å². The zero-order valence-electron chi connectivity index (χ0n) is 81.2. The molecule has 2 atom stereocenters. The molecule has 0 aliphatic rings. The van der Waals surface area contributed by atoms with Crippen molar-refractivity contribution < 1.29 is 59.1 Å². The Labute approximate surface area is 783 Å². The fourth-order valence-corrected chi connectivity index (χ4v) is 15.8. The molecule has 21 nitrogen and oxygen atoms in total. The van der Waals surface area contributed by atoms with Crippen molar-refractivity contribution in [1.82, 2.24) is 44.9 Å².